The zero-order valence-corrected chi connectivity index (χ0v) is 13.9. The van der Waals surface area contributed by atoms with E-state index in [1.165, 1.54) is 0 Å². The predicted octanol–water partition coefficient (Wildman–Crippen LogP) is 2.58. The minimum absolute atomic E-state index is 0.0121. The third-order valence-corrected chi connectivity index (χ3v) is 4.96. The number of rotatable bonds is 3. The maximum absolute atomic E-state index is 12.5. The Bertz CT molecular complexity index is 568. The molecular formula is C16H19BrN2O3. The van der Waals surface area contributed by atoms with Gasteiger partial charge in [0.25, 0.3) is 0 Å². The molecule has 1 aromatic heterocycles. The first-order valence-electron chi connectivity index (χ1n) is 7.71. The summed E-state index contributed by atoms with van der Waals surface area (Å²) in [6.45, 7) is 1.32. The molecule has 1 aromatic rings. The molecule has 5 nitrogen and oxygen atoms in total. The van der Waals surface area contributed by atoms with Crippen molar-refractivity contribution in [1.82, 2.24) is 9.88 Å². The van der Waals surface area contributed by atoms with Crippen LogP contribution in [0.15, 0.2) is 22.8 Å². The Hall–Kier alpha value is -1.43. The summed E-state index contributed by atoms with van der Waals surface area (Å²) in [7, 11) is 0. The molecule has 2 fully saturated rings. The summed E-state index contributed by atoms with van der Waals surface area (Å²) < 4.78 is 6.71. The summed E-state index contributed by atoms with van der Waals surface area (Å²) in [6, 6.07) is 3.73. The standard InChI is InChI=1S/C16H19BrN2O3/c17-14-2-1-8-18-15(14)22-13-7-9-19(10-13)16(21)11-3-5-12(20)6-4-11/h1-2,8,11,13H,3-7,9-10H2. The van der Waals surface area contributed by atoms with E-state index < -0.39 is 0 Å². The van der Waals surface area contributed by atoms with Crippen LogP contribution in [0.5, 0.6) is 5.88 Å². The highest BCUT2D eigenvalue weighted by atomic mass is 79.9. The van der Waals surface area contributed by atoms with Crippen molar-refractivity contribution in [3.8, 4) is 5.88 Å². The molecule has 0 aromatic carbocycles. The van der Waals surface area contributed by atoms with E-state index >= 15 is 0 Å². The Kier molecular flexibility index (Phi) is 4.76. The van der Waals surface area contributed by atoms with Gasteiger partial charge in [-0.2, -0.15) is 0 Å². The molecule has 118 valence electrons. The van der Waals surface area contributed by atoms with Crippen LogP contribution < -0.4 is 4.74 Å². The second-order valence-electron chi connectivity index (χ2n) is 5.92. The smallest absolute Gasteiger partial charge is 0.228 e. The molecule has 0 radical (unpaired) electrons. The van der Waals surface area contributed by atoms with Crippen molar-refractivity contribution in [1.29, 1.82) is 0 Å². The summed E-state index contributed by atoms with van der Waals surface area (Å²) in [6.07, 6.45) is 4.99. The number of aromatic nitrogens is 1. The number of halogens is 1. The van der Waals surface area contributed by atoms with Crippen molar-refractivity contribution in [3.63, 3.8) is 0 Å². The molecule has 1 saturated heterocycles. The molecule has 6 heteroatoms. The highest BCUT2D eigenvalue weighted by Crippen LogP contribution is 2.27. The molecule has 0 bridgehead atoms. The molecular weight excluding hydrogens is 348 g/mol. The van der Waals surface area contributed by atoms with Crippen molar-refractivity contribution in [2.45, 2.75) is 38.2 Å². The lowest BCUT2D eigenvalue weighted by Crippen LogP contribution is -2.37. The van der Waals surface area contributed by atoms with Crippen molar-refractivity contribution < 1.29 is 14.3 Å². The third-order valence-electron chi connectivity index (χ3n) is 4.35. The summed E-state index contributed by atoms with van der Waals surface area (Å²) in [5.41, 5.74) is 0. The third kappa shape index (κ3) is 3.48. The van der Waals surface area contributed by atoms with Gasteiger partial charge in [0.05, 0.1) is 11.0 Å². The van der Waals surface area contributed by atoms with Crippen LogP contribution >= 0.6 is 15.9 Å². The van der Waals surface area contributed by atoms with Crippen molar-refractivity contribution in [2.75, 3.05) is 13.1 Å². The van der Waals surface area contributed by atoms with Crippen LogP contribution in [0.3, 0.4) is 0 Å². The fourth-order valence-electron chi connectivity index (χ4n) is 3.09. The molecule has 3 rings (SSSR count). The number of nitrogens with zero attached hydrogens (tertiary/aromatic N) is 2. The quantitative estimate of drug-likeness (QED) is 0.824. The van der Waals surface area contributed by atoms with Gasteiger partial charge >= 0.3 is 0 Å². The van der Waals surface area contributed by atoms with E-state index in [1.54, 1.807) is 6.20 Å². The number of hydrogen-bond donors (Lipinski definition) is 0. The van der Waals surface area contributed by atoms with Crippen molar-refractivity contribution in [2.24, 2.45) is 5.92 Å². The van der Waals surface area contributed by atoms with E-state index in [9.17, 15) is 9.59 Å². The summed E-state index contributed by atoms with van der Waals surface area (Å²) in [5.74, 6) is 1.05. The van der Waals surface area contributed by atoms with E-state index in [0.717, 1.165) is 17.4 Å². The molecule has 1 unspecified atom stereocenters. The second kappa shape index (κ2) is 6.77. The Labute approximate surface area is 138 Å². The fraction of sp³-hybridized carbons (Fsp3) is 0.562. The highest BCUT2D eigenvalue weighted by molar-refractivity contribution is 9.10. The van der Waals surface area contributed by atoms with Gasteiger partial charge in [-0.3, -0.25) is 9.59 Å². The van der Waals surface area contributed by atoms with Gasteiger partial charge in [-0.25, -0.2) is 4.98 Å². The molecule has 1 aliphatic carbocycles. The van der Waals surface area contributed by atoms with Crippen LogP contribution in [-0.2, 0) is 9.59 Å². The first kappa shape index (κ1) is 15.5. The summed E-state index contributed by atoms with van der Waals surface area (Å²) in [4.78, 5) is 29.9. The SMILES string of the molecule is O=C1CCC(C(=O)N2CCC(Oc3ncccc3Br)C2)CC1. The van der Waals surface area contributed by atoms with Crippen molar-refractivity contribution in [3.05, 3.63) is 22.8 Å². The van der Waals surface area contributed by atoms with Crippen LogP contribution in [0.2, 0.25) is 0 Å². The number of amides is 1. The topological polar surface area (TPSA) is 59.5 Å². The van der Waals surface area contributed by atoms with Gasteiger partial charge in [-0.15, -0.1) is 0 Å². The average molecular weight is 367 g/mol. The van der Waals surface area contributed by atoms with Gasteiger partial charge in [0.1, 0.15) is 11.9 Å². The number of hydrogen-bond acceptors (Lipinski definition) is 4. The van der Waals surface area contributed by atoms with Gasteiger partial charge in [-0.1, -0.05) is 0 Å². The van der Waals surface area contributed by atoms with E-state index in [2.05, 4.69) is 20.9 Å². The monoisotopic (exact) mass is 366 g/mol. The number of Topliss-reactive ketones (excluding diaryl/α,β-unsaturated/α-hetero) is 1. The van der Waals surface area contributed by atoms with Crippen LogP contribution in [0.25, 0.3) is 0 Å². The number of carbonyl (C=O) groups excluding carboxylic acids is 2. The van der Waals surface area contributed by atoms with Crippen LogP contribution in [0.1, 0.15) is 32.1 Å². The largest absolute Gasteiger partial charge is 0.472 e. The van der Waals surface area contributed by atoms with Crippen LogP contribution in [0.4, 0.5) is 0 Å². The van der Waals surface area contributed by atoms with E-state index in [-0.39, 0.29) is 23.7 Å². The maximum atomic E-state index is 12.5. The number of ether oxygens (including phenoxy) is 1. The van der Waals surface area contributed by atoms with Crippen molar-refractivity contribution >= 4 is 27.6 Å². The lowest BCUT2D eigenvalue weighted by atomic mass is 9.87. The fourth-order valence-corrected chi connectivity index (χ4v) is 3.43. The molecule has 1 atom stereocenters. The molecule has 2 heterocycles. The first-order chi connectivity index (χ1) is 10.6. The predicted molar refractivity (Wildman–Crippen MR) is 84.5 cm³/mol. The number of carbonyl (C=O) groups is 2. The molecule has 0 N–H and O–H groups in total. The van der Waals surface area contributed by atoms with Gasteiger partial charge in [0, 0.05) is 37.9 Å². The van der Waals surface area contributed by atoms with Gasteiger partial charge in [-0.05, 0) is 40.9 Å². The lowest BCUT2D eigenvalue weighted by Gasteiger charge is -2.25. The zero-order valence-electron chi connectivity index (χ0n) is 12.3. The first-order valence-corrected chi connectivity index (χ1v) is 8.50. The average Bonchev–Trinajstić information content (AvgIpc) is 2.98. The molecule has 0 spiro atoms. The van der Waals surface area contributed by atoms with Crippen LogP contribution in [0, 0.1) is 5.92 Å². The molecule has 1 aliphatic heterocycles. The Morgan fingerprint density at radius 2 is 2.09 bits per heavy atom. The Morgan fingerprint density at radius 3 is 2.82 bits per heavy atom. The molecule has 1 amide bonds. The number of pyridine rings is 1. The molecule has 22 heavy (non-hydrogen) atoms. The van der Waals surface area contributed by atoms with Gasteiger partial charge < -0.3 is 9.64 Å². The Morgan fingerprint density at radius 1 is 1.32 bits per heavy atom. The van der Waals surface area contributed by atoms with Gasteiger partial charge in [0.2, 0.25) is 11.8 Å². The Balaban J connectivity index is 1.55. The minimum atomic E-state index is -0.0135. The van der Waals surface area contributed by atoms with E-state index in [0.29, 0.717) is 38.1 Å². The van der Waals surface area contributed by atoms with E-state index in [4.69, 9.17) is 4.74 Å². The van der Waals surface area contributed by atoms with E-state index in [1.807, 2.05) is 17.0 Å². The lowest BCUT2D eigenvalue weighted by molar-refractivity contribution is -0.136. The maximum Gasteiger partial charge on any atom is 0.228 e. The normalized spacial score (nSPS) is 22.9. The minimum Gasteiger partial charge on any atom is -0.472 e. The zero-order chi connectivity index (χ0) is 15.5. The second-order valence-corrected chi connectivity index (χ2v) is 6.77. The summed E-state index contributed by atoms with van der Waals surface area (Å²) >= 11 is 3.42. The van der Waals surface area contributed by atoms with Crippen LogP contribution in [-0.4, -0.2) is 40.8 Å². The molecule has 2 aliphatic rings. The molecule has 1 saturated carbocycles. The number of likely N-dealkylation sites (tertiary alicyclic amines) is 1. The van der Waals surface area contributed by atoms with Gasteiger partial charge in [0.15, 0.2) is 0 Å². The summed E-state index contributed by atoms with van der Waals surface area (Å²) in [5, 5.41) is 0. The number of ketones is 1. The highest BCUT2D eigenvalue weighted by Gasteiger charge is 2.33.